The molecule has 0 aliphatic heterocycles. The SMILES string of the molecule is CC(O)CCC1(C(=O)O)CCCCC1. The van der Waals surface area contributed by atoms with Crippen LogP contribution < -0.4 is 0 Å². The standard InChI is InChI=1S/C11H20O3/c1-9(12)5-8-11(10(13)14)6-3-2-4-7-11/h9,12H,2-8H2,1H3,(H,13,14). The maximum atomic E-state index is 11.2. The number of hydrogen-bond donors (Lipinski definition) is 2. The summed E-state index contributed by atoms with van der Waals surface area (Å²) in [5, 5.41) is 18.4. The van der Waals surface area contributed by atoms with E-state index in [1.807, 2.05) is 0 Å². The normalized spacial score (nSPS) is 23.0. The van der Waals surface area contributed by atoms with Gasteiger partial charge in [-0.05, 0) is 32.6 Å². The molecule has 1 fully saturated rings. The third-order valence-corrected chi connectivity index (χ3v) is 3.31. The van der Waals surface area contributed by atoms with E-state index in [0.717, 1.165) is 32.1 Å². The molecule has 1 aliphatic rings. The van der Waals surface area contributed by atoms with Gasteiger partial charge in [-0.3, -0.25) is 4.79 Å². The molecule has 14 heavy (non-hydrogen) atoms. The zero-order chi connectivity index (χ0) is 10.6. The Kier molecular flexibility index (Phi) is 3.93. The topological polar surface area (TPSA) is 57.5 Å². The Morgan fingerprint density at radius 2 is 1.93 bits per heavy atom. The Morgan fingerprint density at radius 1 is 1.36 bits per heavy atom. The Bertz CT molecular complexity index is 193. The molecule has 2 N–H and O–H groups in total. The van der Waals surface area contributed by atoms with Crippen molar-refractivity contribution in [2.24, 2.45) is 5.41 Å². The van der Waals surface area contributed by atoms with Crippen molar-refractivity contribution in [1.29, 1.82) is 0 Å². The molecule has 1 atom stereocenters. The van der Waals surface area contributed by atoms with Gasteiger partial charge in [-0.2, -0.15) is 0 Å². The first-order chi connectivity index (χ1) is 6.57. The molecule has 0 aromatic heterocycles. The predicted molar refractivity (Wildman–Crippen MR) is 54.1 cm³/mol. The van der Waals surface area contributed by atoms with Crippen LogP contribution in [0.3, 0.4) is 0 Å². The van der Waals surface area contributed by atoms with E-state index in [1.165, 1.54) is 0 Å². The molecule has 0 saturated heterocycles. The van der Waals surface area contributed by atoms with E-state index in [2.05, 4.69) is 0 Å². The van der Waals surface area contributed by atoms with Crippen molar-refractivity contribution in [2.45, 2.75) is 58.0 Å². The molecule has 0 bridgehead atoms. The average Bonchev–Trinajstić information content (AvgIpc) is 2.16. The molecule has 1 unspecified atom stereocenters. The minimum atomic E-state index is -0.669. The second-order valence-electron chi connectivity index (χ2n) is 4.53. The van der Waals surface area contributed by atoms with E-state index in [1.54, 1.807) is 6.92 Å². The second kappa shape index (κ2) is 4.78. The van der Waals surface area contributed by atoms with Crippen LogP contribution in [0.4, 0.5) is 0 Å². The first-order valence-electron chi connectivity index (χ1n) is 5.48. The quantitative estimate of drug-likeness (QED) is 0.731. The monoisotopic (exact) mass is 200 g/mol. The van der Waals surface area contributed by atoms with E-state index in [-0.39, 0.29) is 6.10 Å². The predicted octanol–water partition coefficient (Wildman–Crippen LogP) is 2.18. The Balaban J connectivity index is 2.56. The molecule has 0 radical (unpaired) electrons. The zero-order valence-corrected chi connectivity index (χ0v) is 8.83. The van der Waals surface area contributed by atoms with Crippen molar-refractivity contribution in [3.05, 3.63) is 0 Å². The van der Waals surface area contributed by atoms with Gasteiger partial charge >= 0.3 is 5.97 Å². The molecule has 82 valence electrons. The third-order valence-electron chi connectivity index (χ3n) is 3.31. The lowest BCUT2D eigenvalue weighted by atomic mass is 9.71. The molecule has 0 spiro atoms. The van der Waals surface area contributed by atoms with E-state index >= 15 is 0 Å². The van der Waals surface area contributed by atoms with Crippen LogP contribution >= 0.6 is 0 Å². The average molecular weight is 200 g/mol. The van der Waals surface area contributed by atoms with Crippen LogP contribution in [0, 0.1) is 5.41 Å². The first kappa shape index (κ1) is 11.5. The fraction of sp³-hybridized carbons (Fsp3) is 0.909. The minimum Gasteiger partial charge on any atom is -0.481 e. The number of aliphatic hydroxyl groups is 1. The van der Waals surface area contributed by atoms with Gasteiger partial charge < -0.3 is 10.2 Å². The van der Waals surface area contributed by atoms with Gasteiger partial charge in [-0.15, -0.1) is 0 Å². The van der Waals surface area contributed by atoms with E-state index < -0.39 is 11.4 Å². The van der Waals surface area contributed by atoms with Gasteiger partial charge in [0.25, 0.3) is 0 Å². The van der Waals surface area contributed by atoms with Crippen LogP contribution in [0.25, 0.3) is 0 Å². The van der Waals surface area contributed by atoms with Crippen LogP contribution in [0.5, 0.6) is 0 Å². The third kappa shape index (κ3) is 2.71. The van der Waals surface area contributed by atoms with E-state index in [4.69, 9.17) is 0 Å². The minimum absolute atomic E-state index is 0.381. The highest BCUT2D eigenvalue weighted by atomic mass is 16.4. The van der Waals surface area contributed by atoms with Crippen molar-refractivity contribution in [1.82, 2.24) is 0 Å². The molecule has 0 heterocycles. The van der Waals surface area contributed by atoms with Crippen molar-refractivity contribution >= 4 is 5.97 Å². The summed E-state index contributed by atoms with van der Waals surface area (Å²) in [6.07, 6.45) is 5.62. The smallest absolute Gasteiger partial charge is 0.309 e. The number of carbonyl (C=O) groups is 1. The van der Waals surface area contributed by atoms with Gasteiger partial charge in [-0.25, -0.2) is 0 Å². The molecule has 1 aliphatic carbocycles. The summed E-state index contributed by atoms with van der Waals surface area (Å²) in [4.78, 5) is 11.2. The number of aliphatic hydroxyl groups excluding tert-OH is 1. The summed E-state index contributed by atoms with van der Waals surface area (Å²) in [6.45, 7) is 1.72. The second-order valence-corrected chi connectivity index (χ2v) is 4.53. The van der Waals surface area contributed by atoms with Gasteiger partial charge in [0.15, 0.2) is 0 Å². The number of carboxylic acids is 1. The van der Waals surface area contributed by atoms with Crippen LogP contribution in [-0.4, -0.2) is 22.3 Å². The number of carboxylic acid groups (broad SMARTS) is 1. The van der Waals surface area contributed by atoms with Gasteiger partial charge in [0.2, 0.25) is 0 Å². The number of aliphatic carboxylic acids is 1. The lowest BCUT2D eigenvalue weighted by Crippen LogP contribution is -2.34. The van der Waals surface area contributed by atoms with Gasteiger partial charge in [0.1, 0.15) is 0 Å². The fourth-order valence-corrected chi connectivity index (χ4v) is 2.28. The molecule has 1 rings (SSSR count). The number of rotatable bonds is 4. The highest BCUT2D eigenvalue weighted by molar-refractivity contribution is 5.74. The van der Waals surface area contributed by atoms with Crippen molar-refractivity contribution < 1.29 is 15.0 Å². The Hall–Kier alpha value is -0.570. The van der Waals surface area contributed by atoms with E-state index in [9.17, 15) is 15.0 Å². The van der Waals surface area contributed by atoms with Gasteiger partial charge in [0.05, 0.1) is 11.5 Å². The summed E-state index contributed by atoms with van der Waals surface area (Å²) < 4.78 is 0. The summed E-state index contributed by atoms with van der Waals surface area (Å²) in [6, 6.07) is 0. The van der Waals surface area contributed by atoms with Crippen LogP contribution in [0.1, 0.15) is 51.9 Å². The highest BCUT2D eigenvalue weighted by Crippen LogP contribution is 2.40. The highest BCUT2D eigenvalue weighted by Gasteiger charge is 2.39. The van der Waals surface area contributed by atoms with Crippen LogP contribution in [-0.2, 0) is 4.79 Å². The fourth-order valence-electron chi connectivity index (χ4n) is 2.28. The van der Waals surface area contributed by atoms with Gasteiger partial charge in [-0.1, -0.05) is 19.3 Å². The Labute approximate surface area is 85.1 Å². The lowest BCUT2D eigenvalue weighted by molar-refractivity contribution is -0.152. The molecule has 0 aromatic carbocycles. The molecular weight excluding hydrogens is 180 g/mol. The lowest BCUT2D eigenvalue weighted by Gasteiger charge is -2.33. The molecule has 1 saturated carbocycles. The van der Waals surface area contributed by atoms with Crippen molar-refractivity contribution in [3.8, 4) is 0 Å². The molecule has 3 nitrogen and oxygen atoms in total. The van der Waals surface area contributed by atoms with Crippen LogP contribution in [0.15, 0.2) is 0 Å². The summed E-state index contributed by atoms with van der Waals surface area (Å²) in [5.74, 6) is -0.669. The summed E-state index contributed by atoms with van der Waals surface area (Å²) in [7, 11) is 0. The molecule has 0 amide bonds. The van der Waals surface area contributed by atoms with Crippen molar-refractivity contribution in [2.75, 3.05) is 0 Å². The summed E-state index contributed by atoms with van der Waals surface area (Å²) in [5.41, 5.74) is -0.532. The van der Waals surface area contributed by atoms with Crippen molar-refractivity contribution in [3.63, 3.8) is 0 Å². The zero-order valence-electron chi connectivity index (χ0n) is 8.83. The van der Waals surface area contributed by atoms with Crippen LogP contribution in [0.2, 0.25) is 0 Å². The molecule has 0 aromatic rings. The molecular formula is C11H20O3. The summed E-state index contributed by atoms with van der Waals surface area (Å²) >= 11 is 0. The Morgan fingerprint density at radius 3 is 2.36 bits per heavy atom. The molecule has 3 heteroatoms. The largest absolute Gasteiger partial charge is 0.481 e. The maximum Gasteiger partial charge on any atom is 0.309 e. The first-order valence-corrected chi connectivity index (χ1v) is 5.48. The van der Waals surface area contributed by atoms with Gasteiger partial charge in [0, 0.05) is 0 Å². The number of hydrogen-bond acceptors (Lipinski definition) is 2. The van der Waals surface area contributed by atoms with E-state index in [0.29, 0.717) is 12.8 Å². The maximum absolute atomic E-state index is 11.2.